The van der Waals surface area contributed by atoms with Crippen LogP contribution in [0.4, 0.5) is 0 Å². The van der Waals surface area contributed by atoms with Crippen LogP contribution in [-0.2, 0) is 0 Å². The molecule has 1 atom stereocenters. The van der Waals surface area contributed by atoms with Gasteiger partial charge in [-0.2, -0.15) is 0 Å². The van der Waals surface area contributed by atoms with Crippen molar-refractivity contribution in [2.75, 3.05) is 26.2 Å². The minimum absolute atomic E-state index is 0.489. The number of hydrogen-bond acceptors (Lipinski definition) is 2. The molecule has 11 heavy (non-hydrogen) atoms. The van der Waals surface area contributed by atoms with Crippen LogP contribution in [0.25, 0.3) is 0 Å². The largest absolute Gasteiger partial charge is 0.355 e. The van der Waals surface area contributed by atoms with Crippen molar-refractivity contribution in [2.45, 2.75) is 12.5 Å². The highest BCUT2D eigenvalue weighted by Gasteiger charge is 2.15. The second-order valence-corrected chi connectivity index (χ2v) is 2.98. The van der Waals surface area contributed by atoms with E-state index in [-0.39, 0.29) is 0 Å². The molecule has 2 heterocycles. The number of nitrogens with zero attached hydrogens (tertiary/aromatic N) is 1. The van der Waals surface area contributed by atoms with Gasteiger partial charge < -0.3 is 16.0 Å². The molecule has 2 saturated heterocycles. The van der Waals surface area contributed by atoms with Crippen molar-refractivity contribution in [3.8, 4) is 0 Å². The standard InChI is InChI=1S/C7H14N4/c1-2-8-5-6(1)11-7-9-3-4-10-7/h6,8H,1-5H2,(H2,9,10,11)/t6-/m1/s1. The van der Waals surface area contributed by atoms with Crippen LogP contribution >= 0.6 is 0 Å². The van der Waals surface area contributed by atoms with Crippen molar-refractivity contribution in [1.82, 2.24) is 16.0 Å². The molecular formula is C7H14N4. The second-order valence-electron chi connectivity index (χ2n) is 2.98. The molecule has 4 nitrogen and oxygen atoms in total. The first-order valence-corrected chi connectivity index (χ1v) is 4.21. The Morgan fingerprint density at radius 1 is 1.18 bits per heavy atom. The van der Waals surface area contributed by atoms with Crippen molar-refractivity contribution >= 4 is 5.96 Å². The van der Waals surface area contributed by atoms with Crippen LogP contribution < -0.4 is 16.0 Å². The summed E-state index contributed by atoms with van der Waals surface area (Å²) in [4.78, 5) is 4.51. The molecule has 2 aliphatic rings. The van der Waals surface area contributed by atoms with E-state index in [2.05, 4.69) is 20.9 Å². The SMILES string of the molecule is C1C[C@@H](N=C2NCCN2)CN1. The third-order valence-corrected chi connectivity index (χ3v) is 2.06. The maximum absolute atomic E-state index is 4.51. The predicted molar refractivity (Wildman–Crippen MR) is 44.7 cm³/mol. The molecule has 3 N–H and O–H groups in total. The molecule has 0 bridgehead atoms. The molecular weight excluding hydrogens is 140 g/mol. The van der Waals surface area contributed by atoms with E-state index < -0.39 is 0 Å². The highest BCUT2D eigenvalue weighted by molar-refractivity contribution is 5.81. The Hall–Kier alpha value is -0.770. The topological polar surface area (TPSA) is 48.5 Å². The average Bonchev–Trinajstić information content (AvgIpc) is 2.60. The van der Waals surface area contributed by atoms with Crippen molar-refractivity contribution in [1.29, 1.82) is 0 Å². The van der Waals surface area contributed by atoms with E-state index in [9.17, 15) is 0 Å². The lowest BCUT2D eigenvalue weighted by Crippen LogP contribution is -2.26. The van der Waals surface area contributed by atoms with Gasteiger partial charge in [-0.1, -0.05) is 0 Å². The van der Waals surface area contributed by atoms with Gasteiger partial charge in [0.15, 0.2) is 5.96 Å². The van der Waals surface area contributed by atoms with E-state index in [1.807, 2.05) is 0 Å². The van der Waals surface area contributed by atoms with Gasteiger partial charge in [0.2, 0.25) is 0 Å². The van der Waals surface area contributed by atoms with E-state index in [0.29, 0.717) is 6.04 Å². The van der Waals surface area contributed by atoms with Crippen LogP contribution in [0.15, 0.2) is 4.99 Å². The van der Waals surface area contributed by atoms with Crippen LogP contribution in [0, 0.1) is 0 Å². The van der Waals surface area contributed by atoms with Crippen LogP contribution in [-0.4, -0.2) is 38.2 Å². The van der Waals surface area contributed by atoms with Gasteiger partial charge >= 0.3 is 0 Å². The zero-order chi connectivity index (χ0) is 7.52. The maximum Gasteiger partial charge on any atom is 0.191 e. The fourth-order valence-corrected chi connectivity index (χ4v) is 1.45. The smallest absolute Gasteiger partial charge is 0.191 e. The molecule has 0 aromatic heterocycles. The van der Waals surface area contributed by atoms with Gasteiger partial charge in [0.25, 0.3) is 0 Å². The number of guanidine groups is 1. The summed E-state index contributed by atoms with van der Waals surface area (Å²) in [6, 6.07) is 0.489. The molecule has 0 radical (unpaired) electrons. The normalized spacial score (nSPS) is 29.8. The van der Waals surface area contributed by atoms with Crippen molar-refractivity contribution < 1.29 is 0 Å². The van der Waals surface area contributed by atoms with Crippen molar-refractivity contribution in [2.24, 2.45) is 4.99 Å². The van der Waals surface area contributed by atoms with Gasteiger partial charge in [-0.05, 0) is 13.0 Å². The summed E-state index contributed by atoms with van der Waals surface area (Å²) in [7, 11) is 0. The molecule has 0 unspecified atom stereocenters. The van der Waals surface area contributed by atoms with Crippen LogP contribution in [0.3, 0.4) is 0 Å². The summed E-state index contributed by atoms with van der Waals surface area (Å²) >= 11 is 0. The van der Waals surface area contributed by atoms with Gasteiger partial charge in [-0.15, -0.1) is 0 Å². The van der Waals surface area contributed by atoms with Gasteiger partial charge in [-0.3, -0.25) is 0 Å². The molecule has 0 spiro atoms. The lowest BCUT2D eigenvalue weighted by atomic mass is 10.3. The number of aliphatic imine (C=N–C) groups is 1. The Balaban J connectivity index is 1.89. The Kier molecular flexibility index (Phi) is 1.94. The molecule has 0 amide bonds. The minimum Gasteiger partial charge on any atom is -0.355 e. The molecule has 0 aromatic rings. The highest BCUT2D eigenvalue weighted by atomic mass is 15.2. The first-order chi connectivity index (χ1) is 5.45. The third kappa shape index (κ3) is 1.63. The Labute approximate surface area is 66.5 Å². The summed E-state index contributed by atoms with van der Waals surface area (Å²) in [5, 5.41) is 9.67. The molecule has 2 fully saturated rings. The summed E-state index contributed by atoms with van der Waals surface area (Å²) in [6.07, 6.45) is 1.17. The van der Waals surface area contributed by atoms with Crippen LogP contribution in [0.2, 0.25) is 0 Å². The Bertz CT molecular complexity index is 152. The quantitative estimate of drug-likeness (QED) is 0.449. The van der Waals surface area contributed by atoms with Gasteiger partial charge in [0.05, 0.1) is 6.04 Å². The zero-order valence-corrected chi connectivity index (χ0v) is 6.56. The lowest BCUT2D eigenvalue weighted by Gasteiger charge is -2.03. The molecule has 0 saturated carbocycles. The minimum atomic E-state index is 0.489. The van der Waals surface area contributed by atoms with Crippen LogP contribution in [0.5, 0.6) is 0 Å². The molecule has 2 rings (SSSR count). The third-order valence-electron chi connectivity index (χ3n) is 2.06. The van der Waals surface area contributed by atoms with E-state index in [4.69, 9.17) is 0 Å². The molecule has 0 aromatic carbocycles. The van der Waals surface area contributed by atoms with E-state index in [1.54, 1.807) is 0 Å². The monoisotopic (exact) mass is 154 g/mol. The Morgan fingerprint density at radius 2 is 2.00 bits per heavy atom. The van der Waals surface area contributed by atoms with Crippen LogP contribution in [0.1, 0.15) is 6.42 Å². The fourth-order valence-electron chi connectivity index (χ4n) is 1.45. The number of hydrogen-bond donors (Lipinski definition) is 3. The summed E-state index contributed by atoms with van der Waals surface area (Å²) in [6.45, 7) is 4.17. The average molecular weight is 154 g/mol. The first-order valence-electron chi connectivity index (χ1n) is 4.21. The highest BCUT2D eigenvalue weighted by Crippen LogP contribution is 2.02. The summed E-state index contributed by atoms with van der Waals surface area (Å²) < 4.78 is 0. The van der Waals surface area contributed by atoms with Crippen molar-refractivity contribution in [3.05, 3.63) is 0 Å². The predicted octanol–water partition coefficient (Wildman–Crippen LogP) is -1.10. The van der Waals surface area contributed by atoms with E-state index in [1.165, 1.54) is 6.42 Å². The molecule has 2 aliphatic heterocycles. The number of nitrogens with one attached hydrogen (secondary N) is 3. The maximum atomic E-state index is 4.51. The second kappa shape index (κ2) is 3.09. The Morgan fingerprint density at radius 3 is 2.64 bits per heavy atom. The summed E-state index contributed by atoms with van der Waals surface area (Å²) in [5.74, 6) is 0.985. The number of rotatable bonds is 1. The van der Waals surface area contributed by atoms with Gasteiger partial charge in [0, 0.05) is 19.6 Å². The fraction of sp³-hybridized carbons (Fsp3) is 0.857. The summed E-state index contributed by atoms with van der Waals surface area (Å²) in [5.41, 5.74) is 0. The zero-order valence-electron chi connectivity index (χ0n) is 6.56. The first kappa shape index (κ1) is 6.91. The lowest BCUT2D eigenvalue weighted by molar-refractivity contribution is 0.736. The molecule has 0 aliphatic carbocycles. The van der Waals surface area contributed by atoms with Crippen molar-refractivity contribution in [3.63, 3.8) is 0 Å². The van der Waals surface area contributed by atoms with E-state index >= 15 is 0 Å². The van der Waals surface area contributed by atoms with Gasteiger partial charge in [-0.25, -0.2) is 4.99 Å². The van der Waals surface area contributed by atoms with Gasteiger partial charge in [0.1, 0.15) is 0 Å². The molecule has 62 valence electrons. The molecule has 4 heteroatoms. The van der Waals surface area contributed by atoms with E-state index in [0.717, 1.165) is 32.1 Å².